The fraction of sp³-hybridized carbons (Fsp3) is 0.929. The molecule has 2 N–H and O–H groups in total. The summed E-state index contributed by atoms with van der Waals surface area (Å²) < 4.78 is 26.2. The molecule has 1 unspecified atom stereocenters. The van der Waals surface area contributed by atoms with Gasteiger partial charge in [-0.15, -0.1) is 0 Å². The van der Waals surface area contributed by atoms with Crippen LogP contribution < -0.4 is 10.0 Å². The maximum Gasteiger partial charge on any atom is 0.213 e. The molecule has 0 aromatic carbocycles. The van der Waals surface area contributed by atoms with Gasteiger partial charge in [-0.05, 0) is 19.8 Å². The summed E-state index contributed by atoms with van der Waals surface area (Å²) in [5.41, 5.74) is 0. The third-order valence-electron chi connectivity index (χ3n) is 3.42. The van der Waals surface area contributed by atoms with Gasteiger partial charge in [-0.1, -0.05) is 13.8 Å². The molecule has 130 valence electrons. The molecule has 0 radical (unpaired) electrons. The normalized spacial score (nSPS) is 20.8. The summed E-state index contributed by atoms with van der Waals surface area (Å²) in [7, 11) is -1.48. The minimum absolute atomic E-state index is 0.0560. The first-order valence-corrected chi connectivity index (χ1v) is 10.5. The van der Waals surface area contributed by atoms with E-state index in [1.165, 1.54) is 0 Å². The van der Waals surface area contributed by atoms with E-state index in [-0.39, 0.29) is 11.8 Å². The van der Waals surface area contributed by atoms with Crippen LogP contribution in [0.25, 0.3) is 0 Å². The quantitative estimate of drug-likeness (QED) is 0.551. The summed E-state index contributed by atoms with van der Waals surface area (Å²) in [4.78, 5) is 6.52. The molecule has 1 atom stereocenters. The number of guanidine groups is 1. The van der Waals surface area contributed by atoms with Crippen LogP contribution in [0.2, 0.25) is 0 Å². The topological polar surface area (TPSA) is 73.8 Å². The van der Waals surface area contributed by atoms with Gasteiger partial charge in [-0.2, -0.15) is 11.8 Å². The monoisotopic (exact) mass is 350 g/mol. The maximum absolute atomic E-state index is 11.8. The molecule has 0 aliphatic carbocycles. The fourth-order valence-corrected chi connectivity index (χ4v) is 4.82. The van der Waals surface area contributed by atoms with Crippen molar-refractivity contribution >= 4 is 27.7 Å². The zero-order valence-electron chi connectivity index (χ0n) is 14.3. The van der Waals surface area contributed by atoms with Crippen LogP contribution in [0.3, 0.4) is 0 Å². The molecule has 22 heavy (non-hydrogen) atoms. The zero-order valence-corrected chi connectivity index (χ0v) is 15.9. The summed E-state index contributed by atoms with van der Waals surface area (Å²) in [5, 5.41) is 3.77. The van der Waals surface area contributed by atoms with Crippen LogP contribution in [0.5, 0.6) is 0 Å². The smallest absolute Gasteiger partial charge is 0.213 e. The highest BCUT2D eigenvalue weighted by atomic mass is 32.2. The first-order valence-electron chi connectivity index (χ1n) is 7.82. The van der Waals surface area contributed by atoms with E-state index in [4.69, 9.17) is 0 Å². The van der Waals surface area contributed by atoms with Gasteiger partial charge in [0.15, 0.2) is 5.96 Å². The van der Waals surface area contributed by atoms with Crippen LogP contribution in [0.4, 0.5) is 0 Å². The van der Waals surface area contributed by atoms with Crippen LogP contribution in [-0.2, 0) is 10.0 Å². The lowest BCUT2D eigenvalue weighted by molar-refractivity contribution is 0.382. The Kier molecular flexibility index (Phi) is 7.99. The SMILES string of the molecule is CN=C(NCCS(=O)(=O)NC(C)C)N1CCSC(C(C)C)C1. The number of hydrogen-bond acceptors (Lipinski definition) is 4. The van der Waals surface area contributed by atoms with Crippen molar-refractivity contribution in [2.24, 2.45) is 10.9 Å². The molecule has 1 rings (SSSR count). The maximum atomic E-state index is 11.8. The lowest BCUT2D eigenvalue weighted by Gasteiger charge is -2.36. The number of hydrogen-bond donors (Lipinski definition) is 2. The van der Waals surface area contributed by atoms with Gasteiger partial charge in [-0.3, -0.25) is 4.99 Å². The highest BCUT2D eigenvalue weighted by Crippen LogP contribution is 2.24. The third-order valence-corrected chi connectivity index (χ3v) is 6.53. The molecule has 8 heteroatoms. The Labute approximate surface area is 139 Å². The van der Waals surface area contributed by atoms with E-state index in [9.17, 15) is 8.42 Å². The molecule has 1 aliphatic heterocycles. The standard InChI is InChI=1S/C14H30N4O2S2/c1-11(2)13-10-18(7-8-21-13)14(15-5)16-6-9-22(19,20)17-12(3)4/h11-13,17H,6-10H2,1-5H3,(H,15,16). The van der Waals surface area contributed by atoms with Crippen LogP contribution in [-0.4, -0.2) is 68.8 Å². The molecule has 0 bridgehead atoms. The van der Waals surface area contributed by atoms with Crippen molar-refractivity contribution in [1.29, 1.82) is 0 Å². The lowest BCUT2D eigenvalue weighted by Crippen LogP contribution is -2.50. The fourth-order valence-electron chi connectivity index (χ4n) is 2.32. The molecule has 1 saturated heterocycles. The minimum atomic E-state index is -3.23. The van der Waals surface area contributed by atoms with E-state index in [1.54, 1.807) is 7.05 Å². The Hall–Kier alpha value is -0.470. The largest absolute Gasteiger partial charge is 0.355 e. The van der Waals surface area contributed by atoms with Crippen LogP contribution in [0.15, 0.2) is 4.99 Å². The summed E-state index contributed by atoms with van der Waals surface area (Å²) >= 11 is 2.01. The Morgan fingerprint density at radius 3 is 2.59 bits per heavy atom. The predicted octanol–water partition coefficient (Wildman–Crippen LogP) is 0.963. The average Bonchev–Trinajstić information content (AvgIpc) is 2.42. The van der Waals surface area contributed by atoms with E-state index in [1.807, 2.05) is 25.6 Å². The van der Waals surface area contributed by atoms with E-state index >= 15 is 0 Å². The number of aliphatic imine (C=N–C) groups is 1. The van der Waals surface area contributed by atoms with Gasteiger partial charge in [0.1, 0.15) is 0 Å². The van der Waals surface area contributed by atoms with Crippen molar-refractivity contribution < 1.29 is 8.42 Å². The van der Waals surface area contributed by atoms with Gasteiger partial charge in [0, 0.05) is 43.7 Å². The van der Waals surface area contributed by atoms with Gasteiger partial charge in [0.05, 0.1) is 5.75 Å². The van der Waals surface area contributed by atoms with Crippen LogP contribution in [0.1, 0.15) is 27.7 Å². The third kappa shape index (κ3) is 6.75. The second kappa shape index (κ2) is 8.98. The molecule has 0 spiro atoms. The van der Waals surface area contributed by atoms with E-state index in [2.05, 4.69) is 33.8 Å². The Balaban J connectivity index is 2.49. The van der Waals surface area contributed by atoms with E-state index in [0.29, 0.717) is 17.7 Å². The van der Waals surface area contributed by atoms with Gasteiger partial charge < -0.3 is 10.2 Å². The first-order chi connectivity index (χ1) is 10.2. The predicted molar refractivity (Wildman–Crippen MR) is 96.1 cm³/mol. The molecule has 6 nitrogen and oxygen atoms in total. The molecule has 1 heterocycles. The Morgan fingerprint density at radius 2 is 2.05 bits per heavy atom. The molecule has 0 amide bonds. The summed E-state index contributed by atoms with van der Waals surface area (Å²) in [6.07, 6.45) is 0. The van der Waals surface area contributed by atoms with Crippen LogP contribution in [0, 0.1) is 5.92 Å². The molecule has 0 aromatic heterocycles. The number of thioether (sulfide) groups is 1. The second-order valence-electron chi connectivity index (χ2n) is 6.16. The lowest BCUT2D eigenvalue weighted by atomic mass is 10.1. The molecule has 1 fully saturated rings. The summed E-state index contributed by atoms with van der Waals surface area (Å²) in [6.45, 7) is 10.4. The molecule has 0 aromatic rings. The highest BCUT2D eigenvalue weighted by molar-refractivity contribution is 8.00. The average molecular weight is 351 g/mol. The zero-order chi connectivity index (χ0) is 16.8. The van der Waals surface area contributed by atoms with Crippen molar-refractivity contribution in [3.05, 3.63) is 0 Å². The summed E-state index contributed by atoms with van der Waals surface area (Å²) in [6, 6.07) is -0.0739. The number of rotatable bonds is 6. The Bertz CT molecular complexity index is 463. The van der Waals surface area contributed by atoms with Crippen molar-refractivity contribution in [3.8, 4) is 0 Å². The Morgan fingerprint density at radius 1 is 1.36 bits per heavy atom. The molecule has 1 aliphatic rings. The van der Waals surface area contributed by atoms with Crippen molar-refractivity contribution in [2.75, 3.05) is 38.2 Å². The van der Waals surface area contributed by atoms with Crippen molar-refractivity contribution in [2.45, 2.75) is 39.0 Å². The highest BCUT2D eigenvalue weighted by Gasteiger charge is 2.25. The van der Waals surface area contributed by atoms with Crippen molar-refractivity contribution in [3.63, 3.8) is 0 Å². The minimum Gasteiger partial charge on any atom is -0.355 e. The first kappa shape index (κ1) is 19.6. The van der Waals surface area contributed by atoms with Gasteiger partial charge >= 0.3 is 0 Å². The molecule has 0 saturated carbocycles. The molecular formula is C14H30N4O2S2. The number of sulfonamides is 1. The second-order valence-corrected chi connectivity index (χ2v) is 9.39. The van der Waals surface area contributed by atoms with E-state index in [0.717, 1.165) is 24.8 Å². The van der Waals surface area contributed by atoms with Gasteiger partial charge in [-0.25, -0.2) is 13.1 Å². The van der Waals surface area contributed by atoms with Crippen molar-refractivity contribution in [1.82, 2.24) is 14.9 Å². The van der Waals surface area contributed by atoms with Gasteiger partial charge in [0.2, 0.25) is 10.0 Å². The van der Waals surface area contributed by atoms with Crippen LogP contribution >= 0.6 is 11.8 Å². The number of nitrogens with one attached hydrogen (secondary N) is 2. The van der Waals surface area contributed by atoms with E-state index < -0.39 is 10.0 Å². The number of nitrogens with zero attached hydrogens (tertiary/aromatic N) is 2. The van der Waals surface area contributed by atoms with Gasteiger partial charge in [0.25, 0.3) is 0 Å². The summed E-state index contributed by atoms with van der Waals surface area (Å²) in [5.74, 6) is 2.56. The molecular weight excluding hydrogens is 320 g/mol.